The number of pyridine rings is 1. The number of ether oxygens (including phenoxy) is 2. The van der Waals surface area contributed by atoms with Crippen molar-refractivity contribution in [1.82, 2.24) is 9.88 Å². The van der Waals surface area contributed by atoms with E-state index in [9.17, 15) is 0 Å². The van der Waals surface area contributed by atoms with E-state index >= 15 is 0 Å². The Labute approximate surface area is 119 Å². The van der Waals surface area contributed by atoms with Gasteiger partial charge in [-0.05, 0) is 37.4 Å². The second-order valence-electron chi connectivity index (χ2n) is 5.33. The molecule has 0 aliphatic carbocycles. The third kappa shape index (κ3) is 2.58. The van der Waals surface area contributed by atoms with Crippen LogP contribution in [0.15, 0.2) is 18.7 Å². The Bertz CT molecular complexity index is 504. The van der Waals surface area contributed by atoms with E-state index in [2.05, 4.69) is 16.5 Å². The lowest BCUT2D eigenvalue weighted by atomic mass is 9.97. The average molecular weight is 275 g/mol. The molecule has 1 saturated heterocycles. The monoisotopic (exact) mass is 275 g/mol. The summed E-state index contributed by atoms with van der Waals surface area (Å²) in [5.41, 5.74) is 7.59. The summed E-state index contributed by atoms with van der Waals surface area (Å²) >= 11 is 0. The van der Waals surface area contributed by atoms with E-state index < -0.39 is 0 Å². The van der Waals surface area contributed by atoms with Crippen molar-refractivity contribution >= 4 is 5.70 Å². The van der Waals surface area contributed by atoms with Crippen molar-refractivity contribution < 1.29 is 9.47 Å². The van der Waals surface area contributed by atoms with Gasteiger partial charge < -0.3 is 20.1 Å². The van der Waals surface area contributed by atoms with Crippen molar-refractivity contribution in [1.29, 1.82) is 0 Å². The van der Waals surface area contributed by atoms with Crippen molar-refractivity contribution in [2.75, 3.05) is 32.8 Å². The van der Waals surface area contributed by atoms with Gasteiger partial charge in [0.1, 0.15) is 13.2 Å². The summed E-state index contributed by atoms with van der Waals surface area (Å²) in [5, 5.41) is 0. The molecular weight excluding hydrogens is 254 g/mol. The van der Waals surface area contributed by atoms with Gasteiger partial charge in [-0.1, -0.05) is 6.58 Å². The molecule has 2 aliphatic rings. The van der Waals surface area contributed by atoms with Crippen LogP contribution in [0, 0.1) is 5.92 Å². The highest BCUT2D eigenvalue weighted by molar-refractivity contribution is 5.60. The summed E-state index contributed by atoms with van der Waals surface area (Å²) in [7, 11) is 0. The lowest BCUT2D eigenvalue weighted by Gasteiger charge is -2.35. The molecule has 0 amide bonds. The fourth-order valence-corrected chi connectivity index (χ4v) is 2.76. The van der Waals surface area contributed by atoms with Gasteiger partial charge in [0.2, 0.25) is 0 Å². The molecule has 0 radical (unpaired) electrons. The van der Waals surface area contributed by atoms with Crippen LogP contribution in [-0.4, -0.2) is 42.7 Å². The van der Waals surface area contributed by atoms with Crippen molar-refractivity contribution in [3.8, 4) is 11.6 Å². The molecule has 0 aromatic carbocycles. The molecule has 0 saturated carbocycles. The summed E-state index contributed by atoms with van der Waals surface area (Å²) in [6.07, 6.45) is 2.36. The van der Waals surface area contributed by atoms with Gasteiger partial charge in [0, 0.05) is 13.1 Å². The van der Waals surface area contributed by atoms with E-state index in [0.717, 1.165) is 37.4 Å². The molecule has 108 valence electrons. The maximum Gasteiger partial charge on any atom is 0.257 e. The van der Waals surface area contributed by atoms with Gasteiger partial charge in [0.25, 0.3) is 5.88 Å². The number of piperidine rings is 1. The van der Waals surface area contributed by atoms with Crippen LogP contribution in [0.2, 0.25) is 0 Å². The molecule has 5 nitrogen and oxygen atoms in total. The number of likely N-dealkylation sites (tertiary alicyclic amines) is 1. The van der Waals surface area contributed by atoms with E-state index in [4.69, 9.17) is 15.2 Å². The molecule has 1 aromatic heterocycles. The normalized spacial score (nSPS) is 21.6. The predicted molar refractivity (Wildman–Crippen MR) is 77.6 cm³/mol. The van der Waals surface area contributed by atoms with Gasteiger partial charge in [-0.15, -0.1) is 0 Å². The van der Waals surface area contributed by atoms with E-state index in [1.807, 2.05) is 12.1 Å². The third-order valence-electron chi connectivity index (χ3n) is 3.93. The van der Waals surface area contributed by atoms with Gasteiger partial charge in [-0.3, -0.25) is 0 Å². The van der Waals surface area contributed by atoms with Crippen molar-refractivity contribution in [2.24, 2.45) is 11.7 Å². The number of rotatable bonds is 3. The molecular formula is C15H21N3O2. The highest BCUT2D eigenvalue weighted by Crippen LogP contribution is 2.31. The van der Waals surface area contributed by atoms with Crippen LogP contribution >= 0.6 is 0 Å². The molecule has 3 rings (SSSR count). The van der Waals surface area contributed by atoms with E-state index in [1.54, 1.807) is 0 Å². The zero-order chi connectivity index (χ0) is 13.9. The van der Waals surface area contributed by atoms with Crippen molar-refractivity contribution in [3.05, 3.63) is 24.4 Å². The maximum atomic E-state index is 5.79. The number of hydrogen-bond acceptors (Lipinski definition) is 5. The summed E-state index contributed by atoms with van der Waals surface area (Å²) in [4.78, 5) is 6.80. The number of hydrogen-bond donors (Lipinski definition) is 1. The number of fused-ring (bicyclic) bond motifs is 1. The first-order valence-corrected chi connectivity index (χ1v) is 7.19. The molecule has 1 atom stereocenters. The Balaban J connectivity index is 1.76. The molecule has 3 heterocycles. The van der Waals surface area contributed by atoms with Crippen LogP contribution in [0.4, 0.5) is 0 Å². The van der Waals surface area contributed by atoms with Crippen LogP contribution in [0.5, 0.6) is 11.6 Å². The topological polar surface area (TPSA) is 60.6 Å². The highest BCUT2D eigenvalue weighted by Gasteiger charge is 2.22. The summed E-state index contributed by atoms with van der Waals surface area (Å²) in [6, 6.07) is 3.86. The fraction of sp³-hybridized carbons (Fsp3) is 0.533. The lowest BCUT2D eigenvalue weighted by Crippen LogP contribution is -2.37. The first kappa shape index (κ1) is 13.2. The first-order chi connectivity index (χ1) is 9.78. The second kappa shape index (κ2) is 5.71. The molecule has 0 bridgehead atoms. The molecule has 1 aromatic rings. The Morgan fingerprint density at radius 3 is 3.10 bits per heavy atom. The number of nitrogens with two attached hydrogens (primary N) is 1. The van der Waals surface area contributed by atoms with Crippen LogP contribution in [-0.2, 0) is 0 Å². The zero-order valence-corrected chi connectivity index (χ0v) is 11.7. The molecule has 20 heavy (non-hydrogen) atoms. The summed E-state index contributed by atoms with van der Waals surface area (Å²) in [5.74, 6) is 1.84. The molecule has 2 N–H and O–H groups in total. The van der Waals surface area contributed by atoms with Gasteiger partial charge in [0.05, 0.1) is 11.4 Å². The van der Waals surface area contributed by atoms with E-state index in [0.29, 0.717) is 30.8 Å². The minimum absolute atomic E-state index is 0.550. The Hall–Kier alpha value is -1.75. The average Bonchev–Trinajstić information content (AvgIpc) is 2.53. The molecule has 0 unspecified atom stereocenters. The largest absolute Gasteiger partial charge is 0.484 e. The molecule has 2 aliphatic heterocycles. The van der Waals surface area contributed by atoms with Crippen molar-refractivity contribution in [2.45, 2.75) is 12.8 Å². The minimum Gasteiger partial charge on any atom is -0.484 e. The lowest BCUT2D eigenvalue weighted by molar-refractivity contribution is 0.164. The van der Waals surface area contributed by atoms with Gasteiger partial charge in [-0.2, -0.15) is 0 Å². The molecule has 1 fully saturated rings. The van der Waals surface area contributed by atoms with Crippen LogP contribution in [0.3, 0.4) is 0 Å². The number of aromatic nitrogens is 1. The third-order valence-corrected chi connectivity index (χ3v) is 3.93. The van der Waals surface area contributed by atoms with Gasteiger partial charge in [0.15, 0.2) is 5.75 Å². The smallest absolute Gasteiger partial charge is 0.257 e. The van der Waals surface area contributed by atoms with Crippen molar-refractivity contribution in [3.63, 3.8) is 0 Å². The maximum absolute atomic E-state index is 5.79. The summed E-state index contributed by atoms with van der Waals surface area (Å²) < 4.78 is 11.0. The standard InChI is InChI=1S/C15H21N3O2/c1-11(18-6-2-3-12(9-16)10-18)13-4-5-14-15(17-13)20-8-7-19-14/h4-5,12H,1-3,6-10,16H2/t12-/m0/s1. The van der Waals surface area contributed by atoms with Gasteiger partial charge in [-0.25, -0.2) is 4.98 Å². The summed E-state index contributed by atoms with van der Waals surface area (Å²) in [6.45, 7) is 8.04. The Morgan fingerprint density at radius 1 is 1.40 bits per heavy atom. The predicted octanol–water partition coefficient (Wildman–Crippen LogP) is 1.49. The molecule has 5 heteroatoms. The zero-order valence-electron chi connectivity index (χ0n) is 11.7. The Kier molecular flexibility index (Phi) is 3.78. The van der Waals surface area contributed by atoms with E-state index in [1.165, 1.54) is 6.42 Å². The Morgan fingerprint density at radius 2 is 2.25 bits per heavy atom. The minimum atomic E-state index is 0.550. The van der Waals surface area contributed by atoms with Crippen LogP contribution in [0.25, 0.3) is 5.70 Å². The van der Waals surface area contributed by atoms with Crippen LogP contribution < -0.4 is 15.2 Å². The van der Waals surface area contributed by atoms with E-state index in [-0.39, 0.29) is 0 Å². The number of nitrogens with zero attached hydrogens (tertiary/aromatic N) is 2. The SMILES string of the molecule is C=C(c1ccc2c(n1)OCCO2)N1CCC[C@@H](CN)C1. The second-order valence-corrected chi connectivity index (χ2v) is 5.33. The quantitative estimate of drug-likeness (QED) is 0.905. The molecule has 0 spiro atoms. The highest BCUT2D eigenvalue weighted by atomic mass is 16.6. The fourth-order valence-electron chi connectivity index (χ4n) is 2.76. The van der Waals surface area contributed by atoms with Crippen LogP contribution in [0.1, 0.15) is 18.5 Å². The van der Waals surface area contributed by atoms with Gasteiger partial charge >= 0.3 is 0 Å². The first-order valence-electron chi connectivity index (χ1n) is 7.19.